The molecule has 0 aromatic carbocycles. The summed E-state index contributed by atoms with van der Waals surface area (Å²) in [6, 6.07) is 1.79. The fourth-order valence-electron chi connectivity index (χ4n) is 0.512. The molecule has 0 amide bonds. The number of rotatable bonds is 0. The number of halogens is 1. The van der Waals surface area contributed by atoms with Crippen molar-refractivity contribution < 1.29 is 0 Å². The molecule has 0 atom stereocenters. The first kappa shape index (κ1) is 10.4. The minimum absolute atomic E-state index is 0.775. The molecule has 0 aliphatic heterocycles. The Morgan fingerprint density at radius 1 is 1.45 bits per heavy atom. The smallest absolute Gasteiger partial charge is 0.108 e. The summed E-state index contributed by atoms with van der Waals surface area (Å²) < 4.78 is 0.783. The lowest BCUT2D eigenvalue weighted by Crippen LogP contribution is -1.89. The van der Waals surface area contributed by atoms with Crippen LogP contribution in [0, 0.1) is 6.92 Å². The number of aryl methyl sites for hydroxylation is 1. The van der Waals surface area contributed by atoms with Crippen molar-refractivity contribution >= 4 is 21.6 Å². The summed E-state index contributed by atoms with van der Waals surface area (Å²) in [4.78, 5) is 3.98. The Hall–Kier alpha value is -0.570. The first-order valence-corrected chi connectivity index (χ1v) is 4.37. The Bertz CT molecular complexity index is 223. The molecule has 2 N–H and O–H groups in total. The number of hydrogen-bond acceptors (Lipinski definition) is 2. The lowest BCUT2D eigenvalue weighted by atomic mass is 10.3. The Kier molecular flexibility index (Phi) is 4.86. The molecule has 0 saturated heterocycles. The Morgan fingerprint density at radius 2 is 2.00 bits per heavy atom. The van der Waals surface area contributed by atoms with Gasteiger partial charge in [-0.05, 0) is 34.5 Å². The highest BCUT2D eigenvalue weighted by Crippen LogP contribution is 2.13. The first-order valence-electron chi connectivity index (χ1n) is 3.58. The van der Waals surface area contributed by atoms with Crippen LogP contribution in [0.2, 0.25) is 0 Å². The van der Waals surface area contributed by atoms with Crippen molar-refractivity contribution in [3.8, 4) is 0 Å². The van der Waals surface area contributed by atoms with Gasteiger partial charge in [-0.2, -0.15) is 0 Å². The van der Waals surface area contributed by atoms with Crippen molar-refractivity contribution in [2.45, 2.75) is 20.8 Å². The molecule has 62 valence electrons. The molecule has 0 bridgehead atoms. The predicted octanol–water partition coefficient (Wildman–Crippen LogP) is 2.76. The molecule has 0 saturated carbocycles. The maximum absolute atomic E-state index is 5.55. The molecule has 0 unspecified atom stereocenters. The molecule has 0 radical (unpaired) electrons. The highest BCUT2D eigenvalue weighted by Gasteiger charge is 1.92. The minimum Gasteiger partial charge on any atom is -0.398 e. The number of nitrogens with zero attached hydrogens (tertiary/aromatic N) is 1. The minimum atomic E-state index is 0.775. The maximum atomic E-state index is 5.55. The van der Waals surface area contributed by atoms with Crippen molar-refractivity contribution in [1.82, 2.24) is 4.98 Å². The predicted molar refractivity (Wildman–Crippen MR) is 52.4 cm³/mol. The average molecular weight is 217 g/mol. The maximum Gasteiger partial charge on any atom is 0.108 e. The van der Waals surface area contributed by atoms with Crippen LogP contribution in [0.5, 0.6) is 0 Å². The van der Waals surface area contributed by atoms with Crippen LogP contribution < -0.4 is 5.73 Å². The third kappa shape index (κ3) is 3.37. The van der Waals surface area contributed by atoms with Gasteiger partial charge in [-0.1, -0.05) is 13.8 Å². The van der Waals surface area contributed by atoms with Gasteiger partial charge in [-0.15, -0.1) is 0 Å². The first-order chi connectivity index (χ1) is 5.20. The number of nitrogen functional groups attached to an aromatic ring is 1. The zero-order chi connectivity index (χ0) is 8.85. The van der Waals surface area contributed by atoms with Gasteiger partial charge in [0.15, 0.2) is 0 Å². The summed E-state index contributed by atoms with van der Waals surface area (Å²) in [6.07, 6.45) is 1.74. The van der Waals surface area contributed by atoms with E-state index in [1.807, 2.05) is 20.8 Å². The molecule has 3 heteroatoms. The van der Waals surface area contributed by atoms with Gasteiger partial charge in [0, 0.05) is 11.9 Å². The summed E-state index contributed by atoms with van der Waals surface area (Å²) in [5.41, 5.74) is 7.34. The average Bonchev–Trinajstić information content (AvgIpc) is 2.02. The largest absolute Gasteiger partial charge is 0.398 e. The molecule has 1 heterocycles. The highest BCUT2D eigenvalue weighted by molar-refractivity contribution is 9.10. The SMILES string of the molecule is CC.Cc1cnc(Br)cc1N. The molecule has 1 aromatic heterocycles. The summed E-state index contributed by atoms with van der Waals surface area (Å²) in [5, 5.41) is 0. The number of anilines is 1. The molecule has 11 heavy (non-hydrogen) atoms. The van der Waals surface area contributed by atoms with Gasteiger partial charge in [0.1, 0.15) is 4.60 Å². The van der Waals surface area contributed by atoms with Crippen LogP contribution in [0.4, 0.5) is 5.69 Å². The van der Waals surface area contributed by atoms with E-state index < -0.39 is 0 Å². The van der Waals surface area contributed by atoms with E-state index in [0.29, 0.717) is 0 Å². The van der Waals surface area contributed by atoms with Gasteiger partial charge in [0.2, 0.25) is 0 Å². The lowest BCUT2D eigenvalue weighted by molar-refractivity contribution is 1.23. The van der Waals surface area contributed by atoms with E-state index in [1.165, 1.54) is 0 Å². The second-order valence-electron chi connectivity index (χ2n) is 1.86. The number of nitrogens with two attached hydrogens (primary N) is 1. The monoisotopic (exact) mass is 216 g/mol. The van der Waals surface area contributed by atoms with Crippen LogP contribution in [-0.4, -0.2) is 4.98 Å². The van der Waals surface area contributed by atoms with Crippen LogP contribution in [0.3, 0.4) is 0 Å². The van der Waals surface area contributed by atoms with Gasteiger partial charge < -0.3 is 5.73 Å². The van der Waals surface area contributed by atoms with Crippen molar-refractivity contribution in [3.63, 3.8) is 0 Å². The molecule has 1 aromatic rings. The van der Waals surface area contributed by atoms with Crippen LogP contribution in [0.25, 0.3) is 0 Å². The number of pyridine rings is 1. The van der Waals surface area contributed by atoms with Gasteiger partial charge in [0.25, 0.3) is 0 Å². The number of aromatic nitrogens is 1. The van der Waals surface area contributed by atoms with E-state index in [0.717, 1.165) is 15.9 Å². The van der Waals surface area contributed by atoms with E-state index >= 15 is 0 Å². The lowest BCUT2D eigenvalue weighted by Gasteiger charge is -1.96. The van der Waals surface area contributed by atoms with E-state index in [9.17, 15) is 0 Å². The Morgan fingerprint density at radius 3 is 2.36 bits per heavy atom. The van der Waals surface area contributed by atoms with Crippen molar-refractivity contribution in [2.75, 3.05) is 5.73 Å². The molecule has 1 rings (SSSR count). The third-order valence-electron chi connectivity index (χ3n) is 1.11. The van der Waals surface area contributed by atoms with Gasteiger partial charge in [-0.3, -0.25) is 0 Å². The molecule has 0 fully saturated rings. The van der Waals surface area contributed by atoms with E-state index in [4.69, 9.17) is 5.73 Å². The zero-order valence-corrected chi connectivity index (χ0v) is 8.64. The standard InChI is InChI=1S/C6H7BrN2.C2H6/c1-4-3-9-6(7)2-5(4)8;1-2/h2-3H,1H3,(H2,8,9);1-2H3. The fraction of sp³-hybridized carbons (Fsp3) is 0.375. The second-order valence-corrected chi connectivity index (χ2v) is 2.68. The quantitative estimate of drug-likeness (QED) is 0.678. The van der Waals surface area contributed by atoms with Gasteiger partial charge in [-0.25, -0.2) is 4.98 Å². The van der Waals surface area contributed by atoms with Crippen molar-refractivity contribution in [2.24, 2.45) is 0 Å². The van der Waals surface area contributed by atoms with Crippen molar-refractivity contribution in [3.05, 3.63) is 22.4 Å². The normalized spacial score (nSPS) is 8.36. The summed E-state index contributed by atoms with van der Waals surface area (Å²) >= 11 is 3.21. The van der Waals surface area contributed by atoms with Crippen LogP contribution >= 0.6 is 15.9 Å². The molecule has 0 aliphatic rings. The number of hydrogen-bond donors (Lipinski definition) is 1. The Balaban J connectivity index is 0.000000461. The molecular formula is C8H13BrN2. The summed E-state index contributed by atoms with van der Waals surface area (Å²) in [6.45, 7) is 5.93. The molecule has 0 aliphatic carbocycles. The van der Waals surface area contributed by atoms with E-state index in [-0.39, 0.29) is 0 Å². The molecule has 0 spiro atoms. The van der Waals surface area contributed by atoms with Crippen molar-refractivity contribution in [1.29, 1.82) is 0 Å². The molecular weight excluding hydrogens is 204 g/mol. The second kappa shape index (κ2) is 5.13. The van der Waals surface area contributed by atoms with Crippen LogP contribution in [0.1, 0.15) is 19.4 Å². The van der Waals surface area contributed by atoms with E-state index in [2.05, 4.69) is 20.9 Å². The summed E-state index contributed by atoms with van der Waals surface area (Å²) in [7, 11) is 0. The summed E-state index contributed by atoms with van der Waals surface area (Å²) in [5.74, 6) is 0. The Labute approximate surface area is 76.0 Å². The van der Waals surface area contributed by atoms with Crippen LogP contribution in [0.15, 0.2) is 16.9 Å². The topological polar surface area (TPSA) is 38.9 Å². The van der Waals surface area contributed by atoms with E-state index in [1.54, 1.807) is 12.3 Å². The fourth-order valence-corrected chi connectivity index (χ4v) is 0.861. The molecule has 2 nitrogen and oxygen atoms in total. The van der Waals surface area contributed by atoms with Gasteiger partial charge >= 0.3 is 0 Å². The highest BCUT2D eigenvalue weighted by atomic mass is 79.9. The van der Waals surface area contributed by atoms with Crippen LogP contribution in [-0.2, 0) is 0 Å². The zero-order valence-electron chi connectivity index (χ0n) is 7.06. The third-order valence-corrected chi connectivity index (χ3v) is 1.55. The van der Waals surface area contributed by atoms with Gasteiger partial charge in [0.05, 0.1) is 0 Å².